The van der Waals surface area contributed by atoms with Gasteiger partial charge in [-0.3, -0.25) is 0 Å². The largest absolute Gasteiger partial charge is 0.0651 e. The van der Waals surface area contributed by atoms with Crippen LogP contribution in [0.4, 0.5) is 0 Å². The second-order valence-electron chi connectivity index (χ2n) is 4.36. The van der Waals surface area contributed by atoms with Gasteiger partial charge in [0.1, 0.15) is 0 Å². The van der Waals surface area contributed by atoms with E-state index in [9.17, 15) is 0 Å². The molecule has 0 nitrogen and oxygen atoms in total. The van der Waals surface area contributed by atoms with Crippen molar-refractivity contribution in [2.75, 3.05) is 0 Å². The van der Waals surface area contributed by atoms with Crippen molar-refractivity contribution in [2.45, 2.75) is 52.9 Å². The smallest absolute Gasteiger partial charge is 0.0363 e. The van der Waals surface area contributed by atoms with Crippen molar-refractivity contribution in [1.82, 2.24) is 0 Å². The van der Waals surface area contributed by atoms with E-state index < -0.39 is 0 Å². The Bertz CT molecular complexity index is 105. The molecule has 0 aromatic rings. The van der Waals surface area contributed by atoms with Gasteiger partial charge in [0.15, 0.2) is 0 Å². The molecule has 0 aromatic heterocycles. The Morgan fingerprint density at radius 3 is 2.27 bits per heavy atom. The Morgan fingerprint density at radius 1 is 1.18 bits per heavy atom. The van der Waals surface area contributed by atoms with Gasteiger partial charge >= 0.3 is 0 Å². The highest BCUT2D eigenvalue weighted by Crippen LogP contribution is 2.36. The molecule has 1 saturated carbocycles. The van der Waals surface area contributed by atoms with Gasteiger partial charge < -0.3 is 0 Å². The van der Waals surface area contributed by atoms with Crippen molar-refractivity contribution in [3.8, 4) is 0 Å². The molecule has 2 unspecified atom stereocenters. The van der Waals surface area contributed by atoms with E-state index in [-0.39, 0.29) is 0 Å². The summed E-state index contributed by atoms with van der Waals surface area (Å²) in [6.45, 7) is 7.13. The molecule has 11 heavy (non-hydrogen) atoms. The van der Waals surface area contributed by atoms with Gasteiger partial charge in [0.05, 0.1) is 0 Å². The second kappa shape index (κ2) is 4.13. The summed E-state index contributed by atoms with van der Waals surface area (Å²) in [5.41, 5.74) is 0. The molecule has 1 aliphatic rings. The van der Waals surface area contributed by atoms with Crippen LogP contribution < -0.4 is 0 Å². The van der Waals surface area contributed by atoms with Crippen molar-refractivity contribution in [2.24, 2.45) is 17.8 Å². The lowest BCUT2D eigenvalue weighted by Gasteiger charge is -2.33. The van der Waals surface area contributed by atoms with Crippen molar-refractivity contribution in [1.29, 1.82) is 0 Å². The standard InChI is InChI=1S/C11H22/c1-4-10-7-5-6-8-11(10)9(2)3/h9-11H,4-8H2,1-3H3. The SMILES string of the molecule is CCC1CCCCC1C(C)C. The fourth-order valence-electron chi connectivity index (χ4n) is 2.62. The normalized spacial score (nSPS) is 32.7. The Hall–Kier alpha value is 0. The van der Waals surface area contributed by atoms with Crippen LogP contribution in [0, 0.1) is 17.8 Å². The van der Waals surface area contributed by atoms with Gasteiger partial charge in [-0.15, -0.1) is 0 Å². The average molecular weight is 154 g/mol. The molecular formula is C11H22. The summed E-state index contributed by atoms with van der Waals surface area (Å²) in [7, 11) is 0. The summed E-state index contributed by atoms with van der Waals surface area (Å²) in [5.74, 6) is 3.00. The zero-order chi connectivity index (χ0) is 8.27. The van der Waals surface area contributed by atoms with E-state index >= 15 is 0 Å². The highest BCUT2D eigenvalue weighted by atomic mass is 14.3. The molecule has 0 aliphatic heterocycles. The highest BCUT2D eigenvalue weighted by molar-refractivity contribution is 4.76. The molecule has 0 amide bonds. The van der Waals surface area contributed by atoms with Gasteiger partial charge in [0, 0.05) is 0 Å². The van der Waals surface area contributed by atoms with E-state index in [4.69, 9.17) is 0 Å². The first-order valence-corrected chi connectivity index (χ1v) is 5.25. The summed E-state index contributed by atoms with van der Waals surface area (Å²) < 4.78 is 0. The summed E-state index contributed by atoms with van der Waals surface area (Å²) in [4.78, 5) is 0. The molecule has 0 N–H and O–H groups in total. The molecule has 0 heteroatoms. The number of hydrogen-bond acceptors (Lipinski definition) is 0. The van der Waals surface area contributed by atoms with Crippen molar-refractivity contribution >= 4 is 0 Å². The van der Waals surface area contributed by atoms with E-state index in [1.54, 1.807) is 0 Å². The molecule has 1 fully saturated rings. The van der Waals surface area contributed by atoms with Gasteiger partial charge in [0.2, 0.25) is 0 Å². The molecule has 66 valence electrons. The third-order valence-electron chi connectivity index (χ3n) is 3.35. The lowest BCUT2D eigenvalue weighted by molar-refractivity contribution is 0.175. The molecule has 0 saturated heterocycles. The third kappa shape index (κ3) is 2.21. The Labute approximate surface area is 71.4 Å². The van der Waals surface area contributed by atoms with Crippen LogP contribution in [0.5, 0.6) is 0 Å². The molecule has 0 bridgehead atoms. The van der Waals surface area contributed by atoms with Crippen LogP contribution in [0.2, 0.25) is 0 Å². The van der Waals surface area contributed by atoms with Crippen LogP contribution >= 0.6 is 0 Å². The number of hydrogen-bond donors (Lipinski definition) is 0. The molecule has 0 aromatic carbocycles. The van der Waals surface area contributed by atoms with Crippen molar-refractivity contribution in [3.05, 3.63) is 0 Å². The van der Waals surface area contributed by atoms with Crippen LogP contribution in [0.3, 0.4) is 0 Å². The van der Waals surface area contributed by atoms with E-state index in [0.717, 1.165) is 17.8 Å². The second-order valence-corrected chi connectivity index (χ2v) is 4.36. The molecule has 0 spiro atoms. The molecule has 2 atom stereocenters. The minimum Gasteiger partial charge on any atom is -0.0651 e. The summed E-state index contributed by atoms with van der Waals surface area (Å²) in [6, 6.07) is 0. The first-order valence-electron chi connectivity index (χ1n) is 5.25. The van der Waals surface area contributed by atoms with Crippen LogP contribution in [0.1, 0.15) is 52.9 Å². The fraction of sp³-hybridized carbons (Fsp3) is 1.00. The first-order chi connectivity index (χ1) is 5.25. The quantitative estimate of drug-likeness (QED) is 0.566. The van der Waals surface area contributed by atoms with E-state index in [1.807, 2.05) is 0 Å². The Kier molecular flexibility index (Phi) is 3.42. The van der Waals surface area contributed by atoms with Gasteiger partial charge in [-0.1, -0.05) is 46.5 Å². The van der Waals surface area contributed by atoms with Crippen LogP contribution in [0.25, 0.3) is 0 Å². The summed E-state index contributed by atoms with van der Waals surface area (Å²) in [6.07, 6.45) is 7.37. The van der Waals surface area contributed by atoms with E-state index in [2.05, 4.69) is 20.8 Å². The minimum absolute atomic E-state index is 0.917. The van der Waals surface area contributed by atoms with Gasteiger partial charge in [-0.2, -0.15) is 0 Å². The monoisotopic (exact) mass is 154 g/mol. The third-order valence-corrected chi connectivity index (χ3v) is 3.35. The zero-order valence-electron chi connectivity index (χ0n) is 8.27. The highest BCUT2D eigenvalue weighted by Gasteiger charge is 2.25. The Morgan fingerprint density at radius 2 is 1.82 bits per heavy atom. The molecule has 1 aliphatic carbocycles. The summed E-state index contributed by atoms with van der Waals surface area (Å²) >= 11 is 0. The van der Waals surface area contributed by atoms with E-state index in [0.29, 0.717) is 0 Å². The molecule has 0 radical (unpaired) electrons. The van der Waals surface area contributed by atoms with Gasteiger partial charge in [-0.25, -0.2) is 0 Å². The predicted octanol–water partition coefficient (Wildman–Crippen LogP) is 3.86. The van der Waals surface area contributed by atoms with Crippen LogP contribution in [-0.2, 0) is 0 Å². The maximum atomic E-state index is 2.39. The van der Waals surface area contributed by atoms with Crippen molar-refractivity contribution < 1.29 is 0 Å². The average Bonchev–Trinajstić information content (AvgIpc) is 2.04. The van der Waals surface area contributed by atoms with Crippen LogP contribution in [0.15, 0.2) is 0 Å². The zero-order valence-corrected chi connectivity index (χ0v) is 8.27. The maximum Gasteiger partial charge on any atom is -0.0363 e. The molecule has 1 rings (SSSR count). The Balaban J connectivity index is 2.44. The van der Waals surface area contributed by atoms with Crippen LogP contribution in [-0.4, -0.2) is 0 Å². The molecular weight excluding hydrogens is 132 g/mol. The summed E-state index contributed by atoms with van der Waals surface area (Å²) in [5, 5.41) is 0. The predicted molar refractivity (Wildman–Crippen MR) is 50.6 cm³/mol. The fourth-order valence-corrected chi connectivity index (χ4v) is 2.62. The first kappa shape index (κ1) is 9.09. The van der Waals surface area contributed by atoms with E-state index in [1.165, 1.54) is 32.1 Å². The lowest BCUT2D eigenvalue weighted by atomic mass is 9.72. The molecule has 0 heterocycles. The topological polar surface area (TPSA) is 0 Å². The number of rotatable bonds is 2. The van der Waals surface area contributed by atoms with Crippen molar-refractivity contribution in [3.63, 3.8) is 0 Å². The maximum absolute atomic E-state index is 2.39. The lowest BCUT2D eigenvalue weighted by Crippen LogP contribution is -2.23. The van der Waals surface area contributed by atoms with Gasteiger partial charge in [0.25, 0.3) is 0 Å². The minimum atomic E-state index is 0.917. The van der Waals surface area contributed by atoms with Gasteiger partial charge in [-0.05, 0) is 24.2 Å².